The van der Waals surface area contributed by atoms with E-state index in [1.807, 2.05) is 24.0 Å². The van der Waals surface area contributed by atoms with Crippen LogP contribution < -0.4 is 0 Å². The first-order valence-electron chi connectivity index (χ1n) is 11.3. The Morgan fingerprint density at radius 3 is 2.29 bits per heavy atom. The van der Waals surface area contributed by atoms with Crippen molar-refractivity contribution in [1.82, 2.24) is 4.90 Å². The Kier molecular flexibility index (Phi) is 6.74. The molecule has 0 bridgehead atoms. The molecule has 1 aliphatic rings. The van der Waals surface area contributed by atoms with Crippen LogP contribution in [0.1, 0.15) is 49.8 Å². The molecule has 0 spiro atoms. The lowest BCUT2D eigenvalue weighted by Crippen LogP contribution is -2.47. The average molecular weight is 463 g/mol. The highest BCUT2D eigenvalue weighted by molar-refractivity contribution is 5.79. The summed E-state index contributed by atoms with van der Waals surface area (Å²) in [7, 11) is 0. The van der Waals surface area contributed by atoms with Crippen molar-refractivity contribution < 1.29 is 18.0 Å². The van der Waals surface area contributed by atoms with Crippen molar-refractivity contribution in [3.05, 3.63) is 95.3 Å². The second kappa shape index (κ2) is 9.72. The quantitative estimate of drug-likeness (QED) is 0.409. The van der Waals surface area contributed by atoms with Gasteiger partial charge in [0.25, 0.3) is 0 Å². The number of nitrogens with zero attached hydrogens (tertiary/aromatic N) is 2. The molecular weight excluding hydrogens is 437 g/mol. The number of piperidine rings is 1. The Morgan fingerprint density at radius 1 is 1.00 bits per heavy atom. The predicted molar refractivity (Wildman–Crippen MR) is 124 cm³/mol. The van der Waals surface area contributed by atoms with E-state index in [1.165, 1.54) is 24.3 Å². The molecule has 1 saturated heterocycles. The van der Waals surface area contributed by atoms with Crippen molar-refractivity contribution in [3.8, 4) is 17.2 Å². The Hall–Kier alpha value is -3.59. The Balaban J connectivity index is 1.52. The molecule has 0 saturated carbocycles. The molecule has 174 valence electrons. The van der Waals surface area contributed by atoms with Gasteiger partial charge in [0.2, 0.25) is 5.91 Å². The Bertz CT molecular complexity index is 1220. The average Bonchev–Trinajstić information content (AvgIpc) is 2.83. The number of nitriles is 1. The van der Waals surface area contributed by atoms with E-state index in [1.54, 1.807) is 24.3 Å². The molecule has 0 N–H and O–H groups in total. The standard InChI is InChI=1S/C28H25F3N2O/c1-19(20-3-5-21(6-4-20)25-12-11-24(30)17-26(25)31)33-16-14-28(13-2-15-32,18-27(33)34)22-7-9-23(29)10-8-22/h3-12,17,19H,2,13-14,16,18H2,1H3/t19-,28?/m0/s1. The highest BCUT2D eigenvalue weighted by Crippen LogP contribution is 2.42. The second-order valence-corrected chi connectivity index (χ2v) is 8.88. The fourth-order valence-electron chi connectivity index (χ4n) is 4.90. The van der Waals surface area contributed by atoms with Crippen LogP contribution in [0, 0.1) is 28.8 Å². The van der Waals surface area contributed by atoms with Crippen LogP contribution in [-0.4, -0.2) is 17.4 Å². The third-order valence-corrected chi connectivity index (χ3v) is 6.92. The second-order valence-electron chi connectivity index (χ2n) is 8.88. The van der Waals surface area contributed by atoms with Gasteiger partial charge >= 0.3 is 0 Å². The summed E-state index contributed by atoms with van der Waals surface area (Å²) >= 11 is 0. The van der Waals surface area contributed by atoms with E-state index in [2.05, 4.69) is 6.07 Å². The SMILES string of the molecule is C[C@@H](c1ccc(-c2ccc(F)cc2F)cc1)N1CCC(CCC#N)(c2ccc(F)cc2)CC1=O. The third kappa shape index (κ3) is 4.70. The van der Waals surface area contributed by atoms with Crippen LogP contribution in [0.3, 0.4) is 0 Å². The van der Waals surface area contributed by atoms with Crippen LogP contribution in [0.5, 0.6) is 0 Å². The molecule has 4 rings (SSSR count). The van der Waals surface area contributed by atoms with Gasteiger partial charge in [-0.05, 0) is 60.7 Å². The fourth-order valence-corrected chi connectivity index (χ4v) is 4.90. The molecule has 1 amide bonds. The molecule has 2 atom stereocenters. The van der Waals surface area contributed by atoms with Gasteiger partial charge in [-0.25, -0.2) is 13.2 Å². The van der Waals surface area contributed by atoms with E-state index < -0.39 is 17.0 Å². The largest absolute Gasteiger partial charge is 0.336 e. The molecule has 3 nitrogen and oxygen atoms in total. The molecule has 0 radical (unpaired) electrons. The van der Waals surface area contributed by atoms with Crippen molar-refractivity contribution in [3.63, 3.8) is 0 Å². The maximum absolute atomic E-state index is 14.1. The molecule has 1 fully saturated rings. The fraction of sp³-hybridized carbons (Fsp3) is 0.286. The van der Waals surface area contributed by atoms with Crippen molar-refractivity contribution in [2.24, 2.45) is 0 Å². The zero-order valence-corrected chi connectivity index (χ0v) is 18.9. The van der Waals surface area contributed by atoms with Gasteiger partial charge in [0.15, 0.2) is 0 Å². The van der Waals surface area contributed by atoms with Crippen LogP contribution >= 0.6 is 0 Å². The lowest BCUT2D eigenvalue weighted by atomic mass is 9.69. The minimum Gasteiger partial charge on any atom is -0.336 e. The highest BCUT2D eigenvalue weighted by atomic mass is 19.1. The molecule has 34 heavy (non-hydrogen) atoms. The van der Waals surface area contributed by atoms with Crippen LogP contribution in [0.25, 0.3) is 11.1 Å². The normalized spacial score (nSPS) is 19.0. The summed E-state index contributed by atoms with van der Waals surface area (Å²) in [6.45, 7) is 2.46. The summed E-state index contributed by atoms with van der Waals surface area (Å²) in [4.78, 5) is 15.1. The maximum atomic E-state index is 14.1. The van der Waals surface area contributed by atoms with E-state index in [0.29, 0.717) is 36.9 Å². The van der Waals surface area contributed by atoms with E-state index in [9.17, 15) is 18.0 Å². The van der Waals surface area contributed by atoms with E-state index in [-0.39, 0.29) is 24.2 Å². The van der Waals surface area contributed by atoms with Gasteiger partial charge in [-0.3, -0.25) is 4.79 Å². The first-order chi connectivity index (χ1) is 16.3. The van der Waals surface area contributed by atoms with Gasteiger partial charge < -0.3 is 4.90 Å². The number of amides is 1. The number of benzene rings is 3. The topological polar surface area (TPSA) is 44.1 Å². The predicted octanol–water partition coefficient (Wildman–Crippen LogP) is 6.70. The van der Waals surface area contributed by atoms with Gasteiger partial charge in [0.05, 0.1) is 12.1 Å². The van der Waals surface area contributed by atoms with Crippen molar-refractivity contribution in [2.75, 3.05) is 6.54 Å². The molecule has 1 heterocycles. The maximum Gasteiger partial charge on any atom is 0.223 e. The number of hydrogen-bond donors (Lipinski definition) is 0. The molecule has 1 aliphatic heterocycles. The van der Waals surface area contributed by atoms with Crippen LogP contribution in [0.4, 0.5) is 13.2 Å². The first kappa shape index (κ1) is 23.6. The summed E-state index contributed by atoms with van der Waals surface area (Å²) in [6, 6.07) is 18.9. The van der Waals surface area contributed by atoms with E-state index >= 15 is 0 Å². The molecule has 3 aromatic carbocycles. The first-order valence-corrected chi connectivity index (χ1v) is 11.3. The van der Waals surface area contributed by atoms with Crippen molar-refractivity contribution in [2.45, 2.75) is 44.1 Å². The van der Waals surface area contributed by atoms with Crippen molar-refractivity contribution >= 4 is 5.91 Å². The van der Waals surface area contributed by atoms with E-state index in [0.717, 1.165) is 17.2 Å². The summed E-state index contributed by atoms with van der Waals surface area (Å²) in [6.07, 6.45) is 1.79. The van der Waals surface area contributed by atoms with Crippen LogP contribution in [-0.2, 0) is 10.2 Å². The van der Waals surface area contributed by atoms with Gasteiger partial charge in [0.1, 0.15) is 17.5 Å². The minimum atomic E-state index is -0.624. The molecule has 0 aliphatic carbocycles. The lowest BCUT2D eigenvalue weighted by molar-refractivity contribution is -0.138. The number of rotatable bonds is 6. The number of likely N-dealkylation sites (tertiary alicyclic amines) is 1. The number of halogens is 3. The van der Waals surface area contributed by atoms with Gasteiger partial charge in [-0.1, -0.05) is 36.4 Å². The van der Waals surface area contributed by atoms with Gasteiger partial charge in [-0.15, -0.1) is 0 Å². The Morgan fingerprint density at radius 2 is 1.68 bits per heavy atom. The highest BCUT2D eigenvalue weighted by Gasteiger charge is 2.41. The molecule has 3 aromatic rings. The summed E-state index contributed by atoms with van der Waals surface area (Å²) in [5.41, 5.74) is 2.25. The summed E-state index contributed by atoms with van der Waals surface area (Å²) in [5.74, 6) is -1.60. The number of carbonyl (C=O) groups is 1. The molecule has 6 heteroatoms. The van der Waals surface area contributed by atoms with Crippen LogP contribution in [0.15, 0.2) is 66.7 Å². The Labute approximate surface area is 197 Å². The number of hydrogen-bond acceptors (Lipinski definition) is 2. The molecule has 0 aromatic heterocycles. The van der Waals surface area contributed by atoms with E-state index in [4.69, 9.17) is 5.26 Å². The zero-order chi connectivity index (χ0) is 24.3. The zero-order valence-electron chi connectivity index (χ0n) is 18.9. The van der Waals surface area contributed by atoms with Gasteiger partial charge in [0, 0.05) is 36.4 Å². The summed E-state index contributed by atoms with van der Waals surface area (Å²) < 4.78 is 40.8. The molecule has 1 unspecified atom stereocenters. The van der Waals surface area contributed by atoms with Gasteiger partial charge in [-0.2, -0.15) is 5.26 Å². The minimum absolute atomic E-state index is 0.0188. The third-order valence-electron chi connectivity index (χ3n) is 6.92. The number of carbonyl (C=O) groups excluding carboxylic acids is 1. The smallest absolute Gasteiger partial charge is 0.223 e. The van der Waals surface area contributed by atoms with Crippen LogP contribution in [0.2, 0.25) is 0 Å². The van der Waals surface area contributed by atoms with Crippen molar-refractivity contribution in [1.29, 1.82) is 5.26 Å². The summed E-state index contributed by atoms with van der Waals surface area (Å²) in [5, 5.41) is 9.15. The molecular formula is C28H25F3N2O. The monoisotopic (exact) mass is 462 g/mol. The lowest BCUT2D eigenvalue weighted by Gasteiger charge is -2.44.